The maximum absolute atomic E-state index is 13.3. The second-order valence-electron chi connectivity index (χ2n) is 2.57. The number of ether oxygens (including phenoxy) is 2. The van der Waals surface area contributed by atoms with Crippen molar-refractivity contribution in [1.82, 2.24) is 0 Å². The van der Waals surface area contributed by atoms with Crippen LogP contribution < -0.4 is 15.2 Å². The molecule has 0 heterocycles. The van der Waals surface area contributed by atoms with E-state index < -0.39 is 5.82 Å². The number of carbonyl (C=O) groups excluding carboxylic acids is 1. The summed E-state index contributed by atoms with van der Waals surface area (Å²) >= 11 is 3.10. The van der Waals surface area contributed by atoms with Gasteiger partial charge in [-0.25, -0.2) is 4.39 Å². The van der Waals surface area contributed by atoms with Gasteiger partial charge in [-0.05, 0) is 12.1 Å². The van der Waals surface area contributed by atoms with E-state index in [9.17, 15) is 9.18 Å². The molecule has 0 aliphatic heterocycles. The smallest absolute Gasteiger partial charge is 0.298 e. The molecule has 0 atom stereocenters. The summed E-state index contributed by atoms with van der Waals surface area (Å²) in [5.74, 6) is -0.774. The van der Waals surface area contributed by atoms with E-state index in [0.717, 1.165) is 0 Å². The van der Waals surface area contributed by atoms with E-state index in [2.05, 4.69) is 20.7 Å². The molecule has 15 heavy (non-hydrogen) atoms. The third kappa shape index (κ3) is 3.17. The zero-order valence-corrected chi connectivity index (χ0v) is 9.29. The zero-order chi connectivity index (χ0) is 11.3. The highest BCUT2D eigenvalue weighted by atomic mass is 79.9. The predicted octanol–water partition coefficient (Wildman–Crippen LogP) is 1.46. The SMILES string of the molecule is NCCOc1cc(Br)cc(F)c1OC=O. The first-order chi connectivity index (χ1) is 7.19. The van der Waals surface area contributed by atoms with Crippen LogP contribution in [-0.4, -0.2) is 19.6 Å². The normalized spacial score (nSPS) is 9.80. The average Bonchev–Trinajstić information content (AvgIpc) is 2.19. The molecule has 2 N–H and O–H groups in total. The number of hydrogen-bond donors (Lipinski definition) is 1. The van der Waals surface area contributed by atoms with Gasteiger partial charge < -0.3 is 15.2 Å². The molecule has 0 aliphatic carbocycles. The summed E-state index contributed by atoms with van der Waals surface area (Å²) in [6, 6.07) is 2.67. The molecule has 1 aromatic rings. The lowest BCUT2D eigenvalue weighted by atomic mass is 10.3. The van der Waals surface area contributed by atoms with Crippen molar-refractivity contribution in [2.75, 3.05) is 13.2 Å². The van der Waals surface area contributed by atoms with Crippen molar-refractivity contribution in [1.29, 1.82) is 0 Å². The van der Waals surface area contributed by atoms with Crippen LogP contribution in [-0.2, 0) is 4.79 Å². The van der Waals surface area contributed by atoms with Crippen molar-refractivity contribution in [2.45, 2.75) is 0 Å². The maximum atomic E-state index is 13.3. The molecule has 0 amide bonds. The molecule has 0 aromatic heterocycles. The van der Waals surface area contributed by atoms with Crippen LogP contribution in [0.3, 0.4) is 0 Å². The summed E-state index contributed by atoms with van der Waals surface area (Å²) in [7, 11) is 0. The van der Waals surface area contributed by atoms with E-state index in [1.807, 2.05) is 0 Å². The monoisotopic (exact) mass is 277 g/mol. The Hall–Kier alpha value is -1.14. The second kappa shape index (κ2) is 5.67. The molecule has 0 unspecified atom stereocenters. The van der Waals surface area contributed by atoms with Crippen LogP contribution in [0.4, 0.5) is 4.39 Å². The summed E-state index contributed by atoms with van der Waals surface area (Å²) < 4.78 is 23.4. The molecule has 0 aliphatic rings. The van der Waals surface area contributed by atoms with Crippen molar-refractivity contribution in [2.24, 2.45) is 5.73 Å². The van der Waals surface area contributed by atoms with E-state index >= 15 is 0 Å². The standard InChI is InChI=1S/C9H9BrFNO3/c10-6-3-7(11)9(15-5-13)8(4-6)14-2-1-12/h3-5H,1-2,12H2. The van der Waals surface area contributed by atoms with Gasteiger partial charge in [0.2, 0.25) is 5.75 Å². The highest BCUT2D eigenvalue weighted by molar-refractivity contribution is 9.10. The van der Waals surface area contributed by atoms with Gasteiger partial charge in [0, 0.05) is 11.0 Å². The van der Waals surface area contributed by atoms with Crippen LogP contribution in [0.1, 0.15) is 0 Å². The number of rotatable bonds is 5. The molecular formula is C9H9BrFNO3. The van der Waals surface area contributed by atoms with Crippen LogP contribution >= 0.6 is 15.9 Å². The van der Waals surface area contributed by atoms with Crippen molar-refractivity contribution < 1.29 is 18.7 Å². The molecule has 0 radical (unpaired) electrons. The van der Waals surface area contributed by atoms with Crippen molar-refractivity contribution in [3.05, 3.63) is 22.4 Å². The summed E-state index contributed by atoms with van der Waals surface area (Å²) in [4.78, 5) is 10.2. The lowest BCUT2D eigenvalue weighted by Gasteiger charge is -2.10. The molecule has 0 bridgehead atoms. The predicted molar refractivity (Wildman–Crippen MR) is 55.3 cm³/mol. The number of carbonyl (C=O) groups is 1. The van der Waals surface area contributed by atoms with Gasteiger partial charge in [0.25, 0.3) is 6.47 Å². The Bertz CT molecular complexity index is 359. The largest absolute Gasteiger partial charge is 0.488 e. The summed E-state index contributed by atoms with van der Waals surface area (Å²) in [5, 5.41) is 0. The van der Waals surface area contributed by atoms with Crippen LogP contribution in [0.5, 0.6) is 11.5 Å². The highest BCUT2D eigenvalue weighted by Crippen LogP contribution is 2.33. The summed E-state index contributed by atoms with van der Waals surface area (Å²) in [6.45, 7) is 0.640. The Labute approximate surface area is 94.3 Å². The van der Waals surface area contributed by atoms with Crippen LogP contribution in [0, 0.1) is 5.82 Å². The lowest BCUT2D eigenvalue weighted by Crippen LogP contribution is -2.11. The highest BCUT2D eigenvalue weighted by Gasteiger charge is 2.13. The van der Waals surface area contributed by atoms with Gasteiger partial charge in [-0.3, -0.25) is 4.79 Å². The van der Waals surface area contributed by atoms with Gasteiger partial charge >= 0.3 is 0 Å². The fraction of sp³-hybridized carbons (Fsp3) is 0.222. The first-order valence-electron chi connectivity index (χ1n) is 4.11. The van der Waals surface area contributed by atoms with E-state index in [1.165, 1.54) is 12.1 Å². The molecule has 0 saturated heterocycles. The third-order valence-corrected chi connectivity index (χ3v) is 1.97. The zero-order valence-electron chi connectivity index (χ0n) is 7.70. The Balaban J connectivity index is 3.02. The molecule has 0 saturated carbocycles. The Morgan fingerprint density at radius 2 is 2.27 bits per heavy atom. The minimum Gasteiger partial charge on any atom is -0.488 e. The molecule has 1 aromatic carbocycles. The Kier molecular flexibility index (Phi) is 4.51. The van der Waals surface area contributed by atoms with Gasteiger partial charge in [0.15, 0.2) is 11.6 Å². The van der Waals surface area contributed by atoms with E-state index in [1.54, 1.807) is 0 Å². The fourth-order valence-corrected chi connectivity index (χ4v) is 1.38. The maximum Gasteiger partial charge on any atom is 0.298 e. The number of benzene rings is 1. The Morgan fingerprint density at radius 3 is 2.87 bits per heavy atom. The number of hydrogen-bond acceptors (Lipinski definition) is 4. The molecule has 0 spiro atoms. The van der Waals surface area contributed by atoms with Crippen LogP contribution in [0.2, 0.25) is 0 Å². The van der Waals surface area contributed by atoms with Crippen molar-refractivity contribution in [3.8, 4) is 11.5 Å². The van der Waals surface area contributed by atoms with Crippen LogP contribution in [0.15, 0.2) is 16.6 Å². The van der Waals surface area contributed by atoms with E-state index in [-0.39, 0.29) is 31.1 Å². The average molecular weight is 278 g/mol. The molecular weight excluding hydrogens is 269 g/mol. The Morgan fingerprint density at radius 1 is 1.53 bits per heavy atom. The second-order valence-corrected chi connectivity index (χ2v) is 3.48. The summed E-state index contributed by atoms with van der Waals surface area (Å²) in [5.41, 5.74) is 5.24. The minimum absolute atomic E-state index is 0.138. The van der Waals surface area contributed by atoms with Crippen molar-refractivity contribution >= 4 is 22.4 Å². The van der Waals surface area contributed by atoms with Gasteiger partial charge in [0.05, 0.1) is 0 Å². The molecule has 82 valence electrons. The molecule has 1 rings (SSSR count). The molecule has 0 fully saturated rings. The van der Waals surface area contributed by atoms with Gasteiger partial charge in [-0.2, -0.15) is 0 Å². The number of nitrogens with two attached hydrogens (primary N) is 1. The minimum atomic E-state index is -0.677. The summed E-state index contributed by atoms with van der Waals surface area (Å²) in [6.07, 6.45) is 0. The lowest BCUT2D eigenvalue weighted by molar-refractivity contribution is -0.121. The van der Waals surface area contributed by atoms with Gasteiger partial charge in [-0.1, -0.05) is 15.9 Å². The first kappa shape index (κ1) is 11.9. The molecule has 4 nitrogen and oxygen atoms in total. The van der Waals surface area contributed by atoms with E-state index in [4.69, 9.17) is 10.5 Å². The van der Waals surface area contributed by atoms with E-state index in [0.29, 0.717) is 4.47 Å². The van der Waals surface area contributed by atoms with Crippen LogP contribution in [0.25, 0.3) is 0 Å². The van der Waals surface area contributed by atoms with Gasteiger partial charge in [-0.15, -0.1) is 0 Å². The number of halogens is 2. The van der Waals surface area contributed by atoms with Crippen molar-refractivity contribution in [3.63, 3.8) is 0 Å². The topological polar surface area (TPSA) is 61.6 Å². The third-order valence-electron chi connectivity index (χ3n) is 1.52. The van der Waals surface area contributed by atoms with Gasteiger partial charge in [0.1, 0.15) is 6.61 Å². The first-order valence-corrected chi connectivity index (χ1v) is 4.90. The fourth-order valence-electron chi connectivity index (χ4n) is 0.975. The quantitative estimate of drug-likeness (QED) is 0.828. The molecule has 6 heteroatoms.